The van der Waals surface area contributed by atoms with Gasteiger partial charge in [-0.1, -0.05) is 59.3 Å². The summed E-state index contributed by atoms with van der Waals surface area (Å²) in [6.45, 7) is 2.34. The van der Waals surface area contributed by atoms with E-state index in [0.717, 1.165) is 22.3 Å². The maximum Gasteiger partial charge on any atom is 0.368 e. The van der Waals surface area contributed by atoms with Gasteiger partial charge in [-0.25, -0.2) is 9.18 Å². The third-order valence-electron chi connectivity index (χ3n) is 4.53. The molecular formula is C24H18FNO3. The number of carbonyl (C=O) groups excluding carboxylic acids is 1. The Morgan fingerprint density at radius 1 is 0.966 bits per heavy atom. The van der Waals surface area contributed by atoms with Crippen molar-refractivity contribution >= 4 is 17.8 Å². The summed E-state index contributed by atoms with van der Waals surface area (Å²) in [4.78, 5) is 17.0. The third kappa shape index (κ3) is 4.41. The number of hydrogen-bond donors (Lipinski definition) is 0. The number of ether oxygens (including phenoxy) is 1. The average Bonchev–Trinajstić information content (AvgIpc) is 3.09. The van der Waals surface area contributed by atoms with Gasteiger partial charge in [-0.05, 0) is 48.4 Å². The Morgan fingerprint density at radius 3 is 2.34 bits per heavy atom. The molecule has 0 aliphatic carbocycles. The van der Waals surface area contributed by atoms with Crippen molar-refractivity contribution in [1.29, 1.82) is 0 Å². The molecule has 0 amide bonds. The lowest BCUT2D eigenvalue weighted by atomic mass is 10.00. The largest absolute Gasteiger partial charge is 0.489 e. The molecule has 4 rings (SSSR count). The van der Waals surface area contributed by atoms with Crippen LogP contribution in [0.2, 0.25) is 0 Å². The van der Waals surface area contributed by atoms with Crippen LogP contribution < -0.4 is 4.74 Å². The van der Waals surface area contributed by atoms with Crippen LogP contribution in [-0.2, 0) is 16.2 Å². The van der Waals surface area contributed by atoms with Crippen molar-refractivity contribution in [3.8, 4) is 5.75 Å². The van der Waals surface area contributed by atoms with Gasteiger partial charge in [0.05, 0.1) is 5.57 Å². The second-order valence-electron chi connectivity index (χ2n) is 6.73. The minimum absolute atomic E-state index is 0.273. The van der Waals surface area contributed by atoms with Gasteiger partial charge in [0, 0.05) is 5.56 Å². The number of nitrogens with zero attached hydrogens (tertiary/aromatic N) is 1. The van der Waals surface area contributed by atoms with Gasteiger partial charge in [-0.3, -0.25) is 0 Å². The van der Waals surface area contributed by atoms with Gasteiger partial charge in [0.25, 0.3) is 0 Å². The Bertz CT molecular complexity index is 1080. The molecule has 3 aromatic carbocycles. The number of hydrogen-bond acceptors (Lipinski definition) is 4. The van der Waals surface area contributed by atoms with Gasteiger partial charge in [-0.2, -0.15) is 0 Å². The molecule has 0 radical (unpaired) electrons. The summed E-state index contributed by atoms with van der Waals surface area (Å²) in [5, 5.41) is 3.93. The molecule has 0 N–H and O–H groups in total. The number of benzene rings is 3. The van der Waals surface area contributed by atoms with Crippen LogP contribution in [0.4, 0.5) is 4.39 Å². The van der Waals surface area contributed by atoms with E-state index in [4.69, 9.17) is 9.57 Å². The number of carbonyl (C=O) groups is 1. The molecule has 1 aliphatic rings. The van der Waals surface area contributed by atoms with Crippen molar-refractivity contribution in [2.24, 2.45) is 5.16 Å². The van der Waals surface area contributed by atoms with Crippen LogP contribution in [0.15, 0.2) is 83.5 Å². The zero-order chi connectivity index (χ0) is 20.2. The molecule has 0 spiro atoms. The summed E-state index contributed by atoms with van der Waals surface area (Å²) in [5.41, 5.74) is 4.59. The summed E-state index contributed by atoms with van der Waals surface area (Å²) >= 11 is 0. The summed E-state index contributed by atoms with van der Waals surface area (Å²) < 4.78 is 18.7. The zero-order valence-electron chi connectivity index (χ0n) is 15.8. The molecule has 0 saturated heterocycles. The molecule has 0 aromatic heterocycles. The first-order chi connectivity index (χ1) is 14.1. The van der Waals surface area contributed by atoms with E-state index in [-0.39, 0.29) is 5.82 Å². The van der Waals surface area contributed by atoms with E-state index < -0.39 is 5.97 Å². The predicted octanol–water partition coefficient (Wildman–Crippen LogP) is 5.06. The van der Waals surface area contributed by atoms with E-state index in [1.54, 1.807) is 18.2 Å². The van der Waals surface area contributed by atoms with Crippen LogP contribution in [-0.4, -0.2) is 11.7 Å². The van der Waals surface area contributed by atoms with E-state index in [1.165, 1.54) is 12.1 Å². The maximum absolute atomic E-state index is 13.0. The molecule has 0 unspecified atom stereocenters. The van der Waals surface area contributed by atoms with Crippen molar-refractivity contribution in [2.75, 3.05) is 0 Å². The van der Waals surface area contributed by atoms with Gasteiger partial charge in [-0.15, -0.1) is 0 Å². The lowest BCUT2D eigenvalue weighted by Crippen LogP contribution is -2.06. The highest BCUT2D eigenvalue weighted by molar-refractivity contribution is 6.31. The van der Waals surface area contributed by atoms with Crippen molar-refractivity contribution in [3.05, 3.63) is 106 Å². The quantitative estimate of drug-likeness (QED) is 0.454. The normalized spacial score (nSPS) is 14.6. The number of oxime groups is 1. The van der Waals surface area contributed by atoms with Gasteiger partial charge < -0.3 is 9.57 Å². The summed E-state index contributed by atoms with van der Waals surface area (Å²) in [5.74, 6) is -0.0692. The van der Waals surface area contributed by atoms with Crippen molar-refractivity contribution in [1.82, 2.24) is 0 Å². The molecule has 29 heavy (non-hydrogen) atoms. The smallest absolute Gasteiger partial charge is 0.368 e. The Labute approximate surface area is 167 Å². The first kappa shape index (κ1) is 18.6. The van der Waals surface area contributed by atoms with E-state index in [0.29, 0.717) is 23.6 Å². The Balaban J connectivity index is 1.48. The summed E-state index contributed by atoms with van der Waals surface area (Å²) in [6, 6.07) is 21.3. The Hall–Kier alpha value is -3.73. The van der Waals surface area contributed by atoms with Crippen LogP contribution in [0, 0.1) is 12.7 Å². The van der Waals surface area contributed by atoms with E-state index >= 15 is 0 Å². The number of rotatable bonds is 5. The first-order valence-electron chi connectivity index (χ1n) is 9.14. The SMILES string of the molecule is Cc1ccc(C2=NOC(=O)/C2=C\c2ccc(OCc3ccc(F)cc3)cc2)cc1. The molecule has 3 aromatic rings. The zero-order valence-corrected chi connectivity index (χ0v) is 15.8. The molecule has 4 nitrogen and oxygen atoms in total. The fraction of sp³-hybridized carbons (Fsp3) is 0.0833. The lowest BCUT2D eigenvalue weighted by Gasteiger charge is -2.07. The summed E-state index contributed by atoms with van der Waals surface area (Å²) in [6.07, 6.45) is 1.75. The second-order valence-corrected chi connectivity index (χ2v) is 6.73. The Kier molecular flexibility index (Phi) is 5.20. The van der Waals surface area contributed by atoms with Crippen LogP contribution in [0.25, 0.3) is 6.08 Å². The minimum Gasteiger partial charge on any atom is -0.489 e. The van der Waals surface area contributed by atoms with Crippen molar-refractivity contribution in [2.45, 2.75) is 13.5 Å². The van der Waals surface area contributed by atoms with E-state index in [9.17, 15) is 9.18 Å². The third-order valence-corrected chi connectivity index (χ3v) is 4.53. The monoisotopic (exact) mass is 387 g/mol. The van der Waals surface area contributed by atoms with E-state index in [1.807, 2.05) is 55.5 Å². The highest BCUT2D eigenvalue weighted by atomic mass is 19.1. The molecule has 1 aliphatic heterocycles. The highest BCUT2D eigenvalue weighted by Gasteiger charge is 2.26. The standard InChI is InChI=1S/C24H18FNO3/c1-16-2-8-19(9-3-16)23-22(24(27)29-26-23)14-17-6-12-21(13-7-17)28-15-18-4-10-20(25)11-5-18/h2-14H,15H2,1H3/b22-14-. The molecular weight excluding hydrogens is 369 g/mol. The molecule has 0 bridgehead atoms. The molecule has 144 valence electrons. The van der Waals surface area contributed by atoms with Gasteiger partial charge >= 0.3 is 5.97 Å². The van der Waals surface area contributed by atoms with Crippen molar-refractivity contribution < 1.29 is 18.8 Å². The lowest BCUT2D eigenvalue weighted by molar-refractivity contribution is -0.136. The molecule has 0 atom stereocenters. The van der Waals surface area contributed by atoms with Gasteiger partial charge in [0.2, 0.25) is 0 Å². The van der Waals surface area contributed by atoms with Crippen LogP contribution >= 0.6 is 0 Å². The Morgan fingerprint density at radius 2 is 1.66 bits per heavy atom. The topological polar surface area (TPSA) is 47.9 Å². The number of aryl methyl sites for hydroxylation is 1. The van der Waals surface area contributed by atoms with Crippen molar-refractivity contribution in [3.63, 3.8) is 0 Å². The molecule has 0 fully saturated rings. The minimum atomic E-state index is -0.475. The van der Waals surface area contributed by atoms with Gasteiger partial charge in [0.15, 0.2) is 0 Å². The van der Waals surface area contributed by atoms with Crippen LogP contribution in [0.5, 0.6) is 5.75 Å². The molecule has 5 heteroatoms. The highest BCUT2D eigenvalue weighted by Crippen LogP contribution is 2.22. The van der Waals surface area contributed by atoms with E-state index in [2.05, 4.69) is 5.16 Å². The maximum atomic E-state index is 13.0. The second kappa shape index (κ2) is 8.10. The fourth-order valence-corrected chi connectivity index (χ4v) is 2.90. The molecule has 0 saturated carbocycles. The first-order valence-corrected chi connectivity index (χ1v) is 9.14. The number of halogens is 1. The van der Waals surface area contributed by atoms with Crippen LogP contribution in [0.1, 0.15) is 22.3 Å². The molecule has 1 heterocycles. The predicted molar refractivity (Wildman–Crippen MR) is 109 cm³/mol. The van der Waals surface area contributed by atoms with Gasteiger partial charge in [0.1, 0.15) is 23.9 Å². The summed E-state index contributed by atoms with van der Waals surface area (Å²) in [7, 11) is 0. The average molecular weight is 387 g/mol. The van der Waals surface area contributed by atoms with Crippen LogP contribution in [0.3, 0.4) is 0 Å². The fourth-order valence-electron chi connectivity index (χ4n) is 2.90.